The number of anilines is 1. The lowest BCUT2D eigenvalue weighted by atomic mass is 10.00. The van der Waals surface area contributed by atoms with E-state index >= 15 is 0 Å². The molecule has 1 atom stereocenters. The maximum Gasteiger partial charge on any atom is 0.159 e. The van der Waals surface area contributed by atoms with E-state index in [4.69, 9.17) is 0 Å². The van der Waals surface area contributed by atoms with Crippen LogP contribution in [0.25, 0.3) is 5.70 Å². The van der Waals surface area contributed by atoms with Crippen molar-refractivity contribution in [1.29, 1.82) is 0 Å². The van der Waals surface area contributed by atoms with Crippen LogP contribution in [0.3, 0.4) is 0 Å². The molecule has 1 unspecified atom stereocenters. The predicted molar refractivity (Wildman–Crippen MR) is 109 cm³/mol. The molecule has 0 bridgehead atoms. The minimum atomic E-state index is -0.564. The third kappa shape index (κ3) is 3.84. The third-order valence-corrected chi connectivity index (χ3v) is 4.47. The standard InChI is InChI=1S/C21H22FN5/c1-5-19-18-10-14(2)6-7-17(18)15(3)27(19)21-8-9-25-20(26-21)13-24-12-16(22)11-23-4/h6-12,19H,3-5,13H2,1-2H3/b16-11+,24-12-. The molecule has 138 valence electrons. The smallest absolute Gasteiger partial charge is 0.159 e. The van der Waals surface area contributed by atoms with E-state index in [1.54, 1.807) is 6.20 Å². The molecule has 0 saturated carbocycles. The molecule has 6 heteroatoms. The number of aliphatic imine (C=N–C) groups is 2. The van der Waals surface area contributed by atoms with E-state index in [9.17, 15) is 4.39 Å². The van der Waals surface area contributed by atoms with Gasteiger partial charge in [0.15, 0.2) is 11.7 Å². The van der Waals surface area contributed by atoms with Crippen molar-refractivity contribution in [1.82, 2.24) is 9.97 Å². The van der Waals surface area contributed by atoms with Crippen LogP contribution in [0.4, 0.5) is 10.2 Å². The Morgan fingerprint density at radius 2 is 2.19 bits per heavy atom. The Hall–Kier alpha value is -3.15. The second kappa shape index (κ2) is 8.03. The van der Waals surface area contributed by atoms with Gasteiger partial charge in [-0.25, -0.2) is 14.4 Å². The van der Waals surface area contributed by atoms with Gasteiger partial charge in [-0.1, -0.05) is 37.3 Å². The molecule has 0 amide bonds. The summed E-state index contributed by atoms with van der Waals surface area (Å²) in [5.41, 5.74) is 4.57. The van der Waals surface area contributed by atoms with Crippen LogP contribution in [0.2, 0.25) is 0 Å². The zero-order chi connectivity index (χ0) is 19.4. The van der Waals surface area contributed by atoms with Crippen LogP contribution in [-0.2, 0) is 6.54 Å². The Balaban J connectivity index is 1.87. The fourth-order valence-corrected chi connectivity index (χ4v) is 3.31. The molecule has 5 nitrogen and oxygen atoms in total. The molecule has 0 radical (unpaired) electrons. The van der Waals surface area contributed by atoms with Crippen LogP contribution in [-0.4, -0.2) is 22.9 Å². The van der Waals surface area contributed by atoms with Gasteiger partial charge in [-0.05, 0) is 31.7 Å². The summed E-state index contributed by atoms with van der Waals surface area (Å²) >= 11 is 0. The van der Waals surface area contributed by atoms with Crippen LogP contribution < -0.4 is 4.90 Å². The maximum atomic E-state index is 13.3. The Kier molecular flexibility index (Phi) is 5.54. The van der Waals surface area contributed by atoms with Gasteiger partial charge in [-0.15, -0.1) is 0 Å². The van der Waals surface area contributed by atoms with Gasteiger partial charge < -0.3 is 4.90 Å². The first-order valence-electron chi connectivity index (χ1n) is 8.77. The highest BCUT2D eigenvalue weighted by Crippen LogP contribution is 2.44. The molecule has 0 saturated heterocycles. The second-order valence-electron chi connectivity index (χ2n) is 6.33. The number of allylic oxidation sites excluding steroid dienone is 1. The van der Waals surface area contributed by atoms with E-state index in [0.717, 1.165) is 35.9 Å². The summed E-state index contributed by atoms with van der Waals surface area (Å²) in [6.45, 7) is 11.9. The molecule has 0 N–H and O–H groups in total. The van der Waals surface area contributed by atoms with Gasteiger partial charge in [0.1, 0.15) is 5.82 Å². The zero-order valence-corrected chi connectivity index (χ0v) is 15.6. The van der Waals surface area contributed by atoms with Gasteiger partial charge in [0.25, 0.3) is 0 Å². The summed E-state index contributed by atoms with van der Waals surface area (Å²) in [4.78, 5) is 18.4. The van der Waals surface area contributed by atoms with E-state index in [1.807, 2.05) is 6.07 Å². The quantitative estimate of drug-likeness (QED) is 0.692. The number of benzene rings is 1. The number of rotatable bonds is 6. The Morgan fingerprint density at radius 1 is 1.37 bits per heavy atom. The van der Waals surface area contributed by atoms with E-state index in [1.165, 1.54) is 11.1 Å². The lowest BCUT2D eigenvalue weighted by Gasteiger charge is -2.26. The summed E-state index contributed by atoms with van der Waals surface area (Å²) in [6, 6.07) is 8.47. The Labute approximate surface area is 158 Å². The monoisotopic (exact) mass is 363 g/mol. The number of aryl methyl sites for hydroxylation is 1. The summed E-state index contributed by atoms with van der Waals surface area (Å²) in [5.74, 6) is 0.716. The molecular formula is C21H22FN5. The first-order chi connectivity index (χ1) is 13.0. The van der Waals surface area contributed by atoms with Crippen molar-refractivity contribution in [3.8, 4) is 0 Å². The molecule has 1 aliphatic rings. The highest BCUT2D eigenvalue weighted by atomic mass is 19.1. The van der Waals surface area contributed by atoms with Gasteiger partial charge in [0.05, 0.1) is 25.0 Å². The molecule has 27 heavy (non-hydrogen) atoms. The minimum absolute atomic E-state index is 0.176. The van der Waals surface area contributed by atoms with Crippen LogP contribution in [0.5, 0.6) is 0 Å². The summed E-state index contributed by atoms with van der Waals surface area (Å²) in [5, 5.41) is 0. The normalized spacial score (nSPS) is 16.9. The van der Waals surface area contributed by atoms with Crippen molar-refractivity contribution < 1.29 is 4.39 Å². The molecule has 2 aromatic rings. The molecule has 1 aromatic heterocycles. The van der Waals surface area contributed by atoms with Crippen LogP contribution in [0, 0.1) is 6.92 Å². The molecule has 3 rings (SSSR count). The topological polar surface area (TPSA) is 53.7 Å². The highest BCUT2D eigenvalue weighted by molar-refractivity contribution is 5.84. The number of aromatic nitrogens is 2. The van der Waals surface area contributed by atoms with E-state index in [0.29, 0.717) is 5.82 Å². The Morgan fingerprint density at radius 3 is 2.93 bits per heavy atom. The summed E-state index contributed by atoms with van der Waals surface area (Å²) in [7, 11) is 0. The van der Waals surface area contributed by atoms with Crippen LogP contribution in [0.15, 0.2) is 59.1 Å². The number of halogens is 1. The third-order valence-electron chi connectivity index (χ3n) is 4.47. The first-order valence-corrected chi connectivity index (χ1v) is 8.77. The summed E-state index contributed by atoms with van der Waals surface area (Å²) in [6.07, 6.45) is 4.71. The summed E-state index contributed by atoms with van der Waals surface area (Å²) < 4.78 is 13.3. The van der Waals surface area contributed by atoms with Crippen molar-refractivity contribution in [3.63, 3.8) is 0 Å². The fourth-order valence-electron chi connectivity index (χ4n) is 3.31. The lowest BCUT2D eigenvalue weighted by Crippen LogP contribution is -2.21. The second-order valence-corrected chi connectivity index (χ2v) is 6.33. The average Bonchev–Trinajstić information content (AvgIpc) is 2.93. The fraction of sp³-hybridized carbons (Fsp3) is 0.238. The van der Waals surface area contributed by atoms with E-state index in [-0.39, 0.29) is 12.6 Å². The maximum absolute atomic E-state index is 13.3. The molecule has 0 spiro atoms. The number of nitrogens with zero attached hydrogens (tertiary/aromatic N) is 5. The molecule has 1 aliphatic heterocycles. The molecule has 0 fully saturated rings. The van der Waals surface area contributed by atoms with Gasteiger partial charge >= 0.3 is 0 Å². The molecule has 2 heterocycles. The van der Waals surface area contributed by atoms with Gasteiger partial charge in [0.2, 0.25) is 0 Å². The number of hydrogen-bond donors (Lipinski definition) is 0. The average molecular weight is 363 g/mol. The van der Waals surface area contributed by atoms with E-state index < -0.39 is 5.83 Å². The van der Waals surface area contributed by atoms with Gasteiger partial charge in [-0.2, -0.15) is 0 Å². The highest BCUT2D eigenvalue weighted by Gasteiger charge is 2.33. The molecular weight excluding hydrogens is 341 g/mol. The van der Waals surface area contributed by atoms with Gasteiger partial charge in [-0.3, -0.25) is 9.98 Å². The van der Waals surface area contributed by atoms with Crippen molar-refractivity contribution in [2.24, 2.45) is 9.98 Å². The first kappa shape index (κ1) is 18.6. The lowest BCUT2D eigenvalue weighted by molar-refractivity contribution is 0.681. The van der Waals surface area contributed by atoms with Crippen molar-refractivity contribution >= 4 is 24.4 Å². The van der Waals surface area contributed by atoms with Crippen molar-refractivity contribution in [2.45, 2.75) is 32.9 Å². The Bertz CT molecular complexity index is 932. The number of hydrogen-bond acceptors (Lipinski definition) is 5. The molecule has 0 aliphatic carbocycles. The van der Waals surface area contributed by atoms with Crippen LogP contribution in [0.1, 0.15) is 41.9 Å². The zero-order valence-electron chi connectivity index (χ0n) is 15.6. The van der Waals surface area contributed by atoms with Crippen LogP contribution >= 0.6 is 0 Å². The molecule has 1 aromatic carbocycles. The van der Waals surface area contributed by atoms with Crippen molar-refractivity contribution in [3.05, 3.63) is 71.6 Å². The number of fused-ring (bicyclic) bond motifs is 1. The minimum Gasteiger partial charge on any atom is -0.319 e. The largest absolute Gasteiger partial charge is 0.319 e. The van der Waals surface area contributed by atoms with E-state index in [2.05, 4.69) is 70.2 Å². The van der Waals surface area contributed by atoms with Gasteiger partial charge in [0, 0.05) is 17.5 Å². The van der Waals surface area contributed by atoms with Crippen molar-refractivity contribution in [2.75, 3.05) is 4.90 Å². The predicted octanol–water partition coefficient (Wildman–Crippen LogP) is 4.81. The SMILES string of the molecule is C=N/C=C(F)\C=N/Cc1nccc(N2C(=C)c3ccc(C)cc3C2CC)n1.